The van der Waals surface area contributed by atoms with E-state index in [1.54, 1.807) is 0 Å². The van der Waals surface area contributed by atoms with Gasteiger partial charge in [-0.15, -0.1) is 10.1 Å². The minimum absolute atomic E-state index is 0.196. The zero-order valence-corrected chi connectivity index (χ0v) is 16.9. The van der Waals surface area contributed by atoms with E-state index in [2.05, 4.69) is 0 Å². The van der Waals surface area contributed by atoms with Crippen LogP contribution in [-0.2, 0) is 39.3 Å². The highest BCUT2D eigenvalue weighted by Crippen LogP contribution is 2.09. The number of hydrogen-bond donors (Lipinski definition) is 0. The molecular formula is C13H24N4O8S2. The van der Waals surface area contributed by atoms with E-state index in [9.17, 15) is 26.4 Å². The topological polar surface area (TPSA) is 134 Å². The summed E-state index contributed by atoms with van der Waals surface area (Å²) in [4.78, 5) is 33.7. The Morgan fingerprint density at radius 1 is 0.667 bits per heavy atom. The molecule has 0 spiro atoms. The van der Waals surface area contributed by atoms with Crippen molar-refractivity contribution in [3.8, 4) is 0 Å². The van der Waals surface area contributed by atoms with Gasteiger partial charge in [0.2, 0.25) is 20.0 Å². The number of carbonyl (C=O) groups excluding carboxylic acids is 2. The summed E-state index contributed by atoms with van der Waals surface area (Å²) in [5.74, 6) is -1.61. The number of piperazine rings is 2. The monoisotopic (exact) mass is 428 g/mol. The van der Waals surface area contributed by atoms with Crippen LogP contribution in [0.25, 0.3) is 0 Å². The van der Waals surface area contributed by atoms with Gasteiger partial charge in [0, 0.05) is 52.4 Å². The molecule has 0 aromatic carbocycles. The van der Waals surface area contributed by atoms with Crippen LogP contribution in [0, 0.1) is 0 Å². The molecule has 0 N–H and O–H groups in total. The average Bonchev–Trinajstić information content (AvgIpc) is 2.53. The number of hydroxylamine groups is 4. The maximum Gasteiger partial charge on any atom is 0.336 e. The zero-order valence-electron chi connectivity index (χ0n) is 15.2. The molecule has 2 saturated heterocycles. The Kier molecular flexibility index (Phi) is 7.15. The van der Waals surface area contributed by atoms with E-state index in [-0.39, 0.29) is 52.4 Å². The number of nitrogens with zero attached hydrogens (tertiary/aromatic N) is 4. The molecule has 0 amide bonds. The Balaban J connectivity index is 1.69. The molecule has 0 atom stereocenters. The number of sulfonamides is 2. The van der Waals surface area contributed by atoms with Gasteiger partial charge in [-0.2, -0.15) is 8.61 Å². The lowest BCUT2D eigenvalue weighted by Crippen LogP contribution is -2.49. The van der Waals surface area contributed by atoms with Gasteiger partial charge in [0.15, 0.2) is 0 Å². The van der Waals surface area contributed by atoms with E-state index < -0.39 is 38.4 Å². The van der Waals surface area contributed by atoms with Gasteiger partial charge in [-0.25, -0.2) is 26.4 Å². The van der Waals surface area contributed by atoms with Gasteiger partial charge in [0.05, 0.1) is 12.5 Å². The molecule has 0 aliphatic carbocycles. The van der Waals surface area contributed by atoms with Crippen molar-refractivity contribution in [1.82, 2.24) is 18.7 Å². The molecule has 2 rings (SSSR count). The molecule has 0 aromatic rings. The molecule has 12 nitrogen and oxygen atoms in total. The molecule has 2 heterocycles. The summed E-state index contributed by atoms with van der Waals surface area (Å²) in [5, 5.41) is 2.62. The lowest BCUT2D eigenvalue weighted by molar-refractivity contribution is -0.207. The van der Waals surface area contributed by atoms with Crippen LogP contribution in [0.5, 0.6) is 0 Å². The predicted octanol–water partition coefficient (Wildman–Crippen LogP) is -2.55. The van der Waals surface area contributed by atoms with E-state index >= 15 is 0 Å². The van der Waals surface area contributed by atoms with Gasteiger partial charge in [-0.3, -0.25) is 0 Å². The summed E-state index contributed by atoms with van der Waals surface area (Å²) in [6.07, 6.45) is 1.62. The van der Waals surface area contributed by atoms with E-state index in [1.165, 1.54) is 18.7 Å². The van der Waals surface area contributed by atoms with Gasteiger partial charge in [0.25, 0.3) is 0 Å². The van der Waals surface area contributed by atoms with Crippen molar-refractivity contribution < 1.29 is 36.1 Å². The minimum atomic E-state index is -3.28. The number of hydrogen-bond acceptors (Lipinski definition) is 10. The highest BCUT2D eigenvalue weighted by Gasteiger charge is 2.28. The van der Waals surface area contributed by atoms with E-state index in [0.717, 1.165) is 12.5 Å². The summed E-state index contributed by atoms with van der Waals surface area (Å²) in [6.45, 7) is 1.62. The smallest absolute Gasteiger partial charge is 0.336 e. The summed E-state index contributed by atoms with van der Waals surface area (Å²) < 4.78 is 48.2. The molecular weight excluding hydrogens is 404 g/mol. The predicted molar refractivity (Wildman–Crippen MR) is 92.8 cm³/mol. The number of carbonyl (C=O) groups is 2. The molecule has 0 saturated carbocycles. The van der Waals surface area contributed by atoms with Gasteiger partial charge >= 0.3 is 11.9 Å². The fourth-order valence-electron chi connectivity index (χ4n) is 2.66. The highest BCUT2D eigenvalue weighted by molar-refractivity contribution is 7.88. The second kappa shape index (κ2) is 8.79. The van der Waals surface area contributed by atoms with Crippen LogP contribution in [0.15, 0.2) is 0 Å². The Hall–Kier alpha value is -1.32. The Morgan fingerprint density at radius 3 is 1.22 bits per heavy atom. The Labute approximate surface area is 158 Å². The fourth-order valence-corrected chi connectivity index (χ4v) is 4.31. The normalized spacial score (nSPS) is 21.7. The third-order valence-corrected chi connectivity index (χ3v) is 6.69. The number of rotatable bonds is 6. The zero-order chi connectivity index (χ0) is 20.2. The first kappa shape index (κ1) is 22.0. The maximum absolute atomic E-state index is 11.8. The van der Waals surface area contributed by atoms with Crippen LogP contribution in [0.1, 0.15) is 6.42 Å². The van der Waals surface area contributed by atoms with Gasteiger partial charge in [0.1, 0.15) is 6.42 Å². The van der Waals surface area contributed by atoms with Crippen LogP contribution in [-0.4, -0.2) is 112 Å². The van der Waals surface area contributed by atoms with Gasteiger partial charge < -0.3 is 9.68 Å². The van der Waals surface area contributed by atoms with E-state index in [4.69, 9.17) is 9.68 Å². The van der Waals surface area contributed by atoms with Crippen molar-refractivity contribution in [1.29, 1.82) is 0 Å². The Morgan fingerprint density at radius 2 is 0.963 bits per heavy atom. The van der Waals surface area contributed by atoms with Crippen molar-refractivity contribution in [2.24, 2.45) is 0 Å². The Bertz CT molecular complexity index is 689. The lowest BCUT2D eigenvalue weighted by atomic mass is 10.4. The molecule has 14 heteroatoms. The lowest BCUT2D eigenvalue weighted by Gasteiger charge is -2.32. The molecule has 2 fully saturated rings. The molecule has 27 heavy (non-hydrogen) atoms. The maximum atomic E-state index is 11.8. The average molecular weight is 428 g/mol. The van der Waals surface area contributed by atoms with Crippen LogP contribution in [0.2, 0.25) is 0 Å². The summed E-state index contributed by atoms with van der Waals surface area (Å²) in [7, 11) is -6.56. The molecule has 0 bridgehead atoms. The minimum Gasteiger partial charge on any atom is -0.367 e. The van der Waals surface area contributed by atoms with Gasteiger partial charge in [-0.1, -0.05) is 0 Å². The SMILES string of the molecule is CS(=O)(=O)N1CCN(OC(=O)CC(=O)ON2CCN(S(C)(=O)=O)CC2)CC1. The third kappa shape index (κ3) is 6.97. The van der Waals surface area contributed by atoms with Gasteiger partial charge in [-0.05, 0) is 0 Å². The second-order valence-electron chi connectivity index (χ2n) is 6.29. The largest absolute Gasteiger partial charge is 0.367 e. The second-order valence-corrected chi connectivity index (χ2v) is 10.3. The molecule has 2 aliphatic heterocycles. The molecule has 156 valence electrons. The van der Waals surface area contributed by atoms with Crippen LogP contribution in [0.4, 0.5) is 0 Å². The quantitative estimate of drug-likeness (QED) is 0.416. The first-order chi connectivity index (χ1) is 12.4. The molecule has 0 unspecified atom stereocenters. The van der Waals surface area contributed by atoms with Crippen molar-refractivity contribution in [3.05, 3.63) is 0 Å². The van der Waals surface area contributed by atoms with Crippen molar-refractivity contribution in [2.45, 2.75) is 6.42 Å². The molecule has 0 radical (unpaired) electrons. The third-order valence-electron chi connectivity index (χ3n) is 4.08. The van der Waals surface area contributed by atoms with Crippen LogP contribution >= 0.6 is 0 Å². The van der Waals surface area contributed by atoms with Crippen molar-refractivity contribution >= 4 is 32.0 Å². The van der Waals surface area contributed by atoms with Crippen molar-refractivity contribution in [3.63, 3.8) is 0 Å². The van der Waals surface area contributed by atoms with Crippen LogP contribution in [0.3, 0.4) is 0 Å². The fraction of sp³-hybridized carbons (Fsp3) is 0.846. The first-order valence-corrected chi connectivity index (χ1v) is 12.0. The summed E-state index contributed by atoms with van der Waals surface area (Å²) in [6, 6.07) is 0. The highest BCUT2D eigenvalue weighted by atomic mass is 32.2. The summed E-state index contributed by atoms with van der Waals surface area (Å²) >= 11 is 0. The summed E-state index contributed by atoms with van der Waals surface area (Å²) in [5.41, 5.74) is 0. The van der Waals surface area contributed by atoms with Crippen molar-refractivity contribution in [2.75, 3.05) is 64.9 Å². The van der Waals surface area contributed by atoms with Crippen LogP contribution < -0.4 is 0 Å². The molecule has 2 aliphatic rings. The standard InChI is InChI=1S/C13H24N4O8S2/c1-26(20,21)16-7-3-14(4-8-16)24-12(18)11-13(19)25-15-5-9-17(10-6-15)27(2,22)23/h3-11H2,1-2H3. The van der Waals surface area contributed by atoms with E-state index in [1.807, 2.05) is 0 Å². The van der Waals surface area contributed by atoms with E-state index in [0.29, 0.717) is 0 Å². The first-order valence-electron chi connectivity index (χ1n) is 8.27. The molecule has 0 aromatic heterocycles.